The van der Waals surface area contributed by atoms with Crippen LogP contribution in [0.2, 0.25) is 0 Å². The van der Waals surface area contributed by atoms with E-state index in [0.29, 0.717) is 5.17 Å². The van der Waals surface area contributed by atoms with Gasteiger partial charge in [-0.25, -0.2) is 0 Å². The first-order valence-electron chi connectivity index (χ1n) is 3.00. The molecule has 0 atom stereocenters. The van der Waals surface area contributed by atoms with E-state index in [1.165, 1.54) is 11.8 Å². The summed E-state index contributed by atoms with van der Waals surface area (Å²) in [6, 6.07) is 1.87. The lowest BCUT2D eigenvalue weighted by Crippen LogP contribution is -2.09. The van der Waals surface area contributed by atoms with Crippen molar-refractivity contribution in [1.82, 2.24) is 0 Å². The molecule has 0 saturated heterocycles. The molecule has 0 bridgehead atoms. The normalized spacial score (nSPS) is 11.8. The Labute approximate surface area is 68.6 Å². The summed E-state index contributed by atoms with van der Waals surface area (Å²) in [6.45, 7) is 0. The Morgan fingerprint density at radius 1 is 1.73 bits per heavy atom. The molecule has 11 heavy (non-hydrogen) atoms. The molecule has 0 aromatic carbocycles. The Bertz CT molecular complexity index is 232. The molecule has 0 aliphatic heterocycles. The summed E-state index contributed by atoms with van der Waals surface area (Å²) in [4.78, 5) is 0. The highest BCUT2D eigenvalue weighted by Gasteiger charge is 1.96. The lowest BCUT2D eigenvalue weighted by molar-refractivity contribution is 0.565. The number of hydrogen-bond donors (Lipinski definition) is 2. The van der Waals surface area contributed by atoms with Gasteiger partial charge in [0, 0.05) is 11.3 Å². The van der Waals surface area contributed by atoms with Crippen LogP contribution in [0, 0.1) is 0 Å². The molecule has 0 unspecified atom stereocenters. The van der Waals surface area contributed by atoms with Gasteiger partial charge >= 0.3 is 0 Å². The second-order valence-electron chi connectivity index (χ2n) is 1.89. The van der Waals surface area contributed by atoms with E-state index in [1.807, 2.05) is 6.07 Å². The number of thioether (sulfide) groups is 1. The van der Waals surface area contributed by atoms with Gasteiger partial charge in [-0.3, -0.25) is 0 Å². The SMILES string of the molecule is N/N=C(/N)SCc1ccoc1. The number of hydrogen-bond acceptors (Lipinski definition) is 4. The first-order chi connectivity index (χ1) is 5.33. The fraction of sp³-hybridized carbons (Fsp3) is 0.167. The minimum Gasteiger partial charge on any atom is -0.472 e. The maximum Gasteiger partial charge on any atom is 0.177 e. The Kier molecular flexibility index (Phi) is 2.85. The van der Waals surface area contributed by atoms with Crippen LogP contribution in [0.3, 0.4) is 0 Å². The van der Waals surface area contributed by atoms with Crippen molar-refractivity contribution in [3.63, 3.8) is 0 Å². The smallest absolute Gasteiger partial charge is 0.177 e. The van der Waals surface area contributed by atoms with Crippen LogP contribution in [-0.2, 0) is 5.75 Å². The van der Waals surface area contributed by atoms with Crippen LogP contribution in [0.5, 0.6) is 0 Å². The van der Waals surface area contributed by atoms with Crippen molar-refractivity contribution in [3.05, 3.63) is 24.2 Å². The monoisotopic (exact) mass is 171 g/mol. The van der Waals surface area contributed by atoms with Gasteiger partial charge < -0.3 is 16.0 Å². The Hall–Kier alpha value is -1.10. The van der Waals surface area contributed by atoms with E-state index in [0.717, 1.165) is 11.3 Å². The summed E-state index contributed by atoms with van der Waals surface area (Å²) < 4.78 is 4.86. The highest BCUT2D eigenvalue weighted by Crippen LogP contribution is 2.11. The molecule has 0 aliphatic carbocycles. The minimum absolute atomic E-state index is 0.381. The van der Waals surface area contributed by atoms with Crippen LogP contribution in [0.1, 0.15) is 5.56 Å². The highest BCUT2D eigenvalue weighted by atomic mass is 32.2. The zero-order valence-electron chi connectivity index (χ0n) is 5.86. The molecular weight excluding hydrogens is 162 g/mol. The molecule has 0 aliphatic rings. The van der Waals surface area contributed by atoms with Gasteiger partial charge in [-0.1, -0.05) is 11.8 Å². The number of rotatable bonds is 2. The zero-order chi connectivity index (χ0) is 8.10. The maximum atomic E-state index is 5.35. The van der Waals surface area contributed by atoms with E-state index in [4.69, 9.17) is 16.0 Å². The van der Waals surface area contributed by atoms with Gasteiger partial charge in [0.05, 0.1) is 12.5 Å². The largest absolute Gasteiger partial charge is 0.472 e. The van der Waals surface area contributed by atoms with Crippen LogP contribution in [0.15, 0.2) is 28.1 Å². The Morgan fingerprint density at radius 2 is 2.55 bits per heavy atom. The topological polar surface area (TPSA) is 77.5 Å². The van der Waals surface area contributed by atoms with E-state index in [9.17, 15) is 0 Å². The predicted molar refractivity (Wildman–Crippen MR) is 45.8 cm³/mol. The van der Waals surface area contributed by atoms with Crippen molar-refractivity contribution in [2.75, 3.05) is 0 Å². The van der Waals surface area contributed by atoms with Crippen LogP contribution < -0.4 is 11.6 Å². The number of nitrogens with zero attached hydrogens (tertiary/aromatic N) is 1. The fourth-order valence-electron chi connectivity index (χ4n) is 0.569. The predicted octanol–water partition coefficient (Wildman–Crippen LogP) is 0.701. The first-order valence-corrected chi connectivity index (χ1v) is 3.98. The lowest BCUT2D eigenvalue weighted by Gasteiger charge is -1.94. The molecule has 1 rings (SSSR count). The second-order valence-corrected chi connectivity index (χ2v) is 2.88. The lowest BCUT2D eigenvalue weighted by atomic mass is 10.4. The standard InChI is InChI=1S/C6H9N3OS/c7-6(9-8)11-4-5-1-2-10-3-5/h1-3H,4,8H2,(H2,7,9). The van der Waals surface area contributed by atoms with E-state index < -0.39 is 0 Å². The number of furan rings is 1. The summed E-state index contributed by atoms with van der Waals surface area (Å²) in [5.41, 5.74) is 6.42. The molecule has 0 spiro atoms. The number of nitrogens with two attached hydrogens (primary N) is 2. The van der Waals surface area contributed by atoms with E-state index in [-0.39, 0.29) is 0 Å². The molecule has 0 saturated carbocycles. The van der Waals surface area contributed by atoms with Gasteiger partial charge in [0.2, 0.25) is 0 Å². The molecule has 4 N–H and O–H groups in total. The van der Waals surface area contributed by atoms with E-state index >= 15 is 0 Å². The summed E-state index contributed by atoms with van der Waals surface area (Å²) in [5, 5.41) is 3.70. The van der Waals surface area contributed by atoms with Gasteiger partial charge in [0.15, 0.2) is 5.17 Å². The van der Waals surface area contributed by atoms with Crippen LogP contribution in [0.25, 0.3) is 0 Å². The molecule has 1 heterocycles. The Morgan fingerprint density at radius 3 is 3.09 bits per heavy atom. The quantitative estimate of drug-likeness (QED) is 0.297. The average molecular weight is 171 g/mol. The van der Waals surface area contributed by atoms with Crippen molar-refractivity contribution in [1.29, 1.82) is 0 Å². The average Bonchev–Trinajstić information content (AvgIpc) is 2.52. The van der Waals surface area contributed by atoms with Crippen LogP contribution in [0.4, 0.5) is 0 Å². The minimum atomic E-state index is 0.381. The van der Waals surface area contributed by atoms with Gasteiger partial charge in [-0.2, -0.15) is 5.10 Å². The molecule has 1 aromatic heterocycles. The third-order valence-electron chi connectivity index (χ3n) is 1.09. The zero-order valence-corrected chi connectivity index (χ0v) is 6.67. The number of hydrazone groups is 1. The van der Waals surface area contributed by atoms with Crippen molar-refractivity contribution >= 4 is 16.9 Å². The Balaban J connectivity index is 2.35. The summed E-state index contributed by atoms with van der Waals surface area (Å²) in [6.07, 6.45) is 3.28. The van der Waals surface area contributed by atoms with Crippen LogP contribution in [-0.4, -0.2) is 5.17 Å². The van der Waals surface area contributed by atoms with Crippen molar-refractivity contribution < 1.29 is 4.42 Å². The molecule has 0 amide bonds. The van der Waals surface area contributed by atoms with Gasteiger partial charge in [0.25, 0.3) is 0 Å². The van der Waals surface area contributed by atoms with Gasteiger partial charge in [-0.05, 0) is 6.07 Å². The summed E-state index contributed by atoms with van der Waals surface area (Å²) >= 11 is 1.38. The summed E-state index contributed by atoms with van der Waals surface area (Å²) in [5.74, 6) is 5.67. The van der Waals surface area contributed by atoms with Crippen molar-refractivity contribution in [2.24, 2.45) is 16.7 Å². The fourth-order valence-corrected chi connectivity index (χ4v) is 1.12. The molecule has 0 radical (unpaired) electrons. The summed E-state index contributed by atoms with van der Waals surface area (Å²) in [7, 11) is 0. The van der Waals surface area contributed by atoms with Gasteiger partial charge in [0.1, 0.15) is 0 Å². The molecular formula is C6H9N3OS. The molecule has 4 nitrogen and oxygen atoms in total. The molecule has 0 fully saturated rings. The second kappa shape index (κ2) is 3.92. The molecule has 1 aromatic rings. The van der Waals surface area contributed by atoms with E-state index in [2.05, 4.69) is 5.10 Å². The van der Waals surface area contributed by atoms with E-state index in [1.54, 1.807) is 12.5 Å². The number of amidine groups is 1. The van der Waals surface area contributed by atoms with Crippen molar-refractivity contribution in [3.8, 4) is 0 Å². The third kappa shape index (κ3) is 2.55. The highest BCUT2D eigenvalue weighted by molar-refractivity contribution is 8.13. The van der Waals surface area contributed by atoms with Crippen LogP contribution >= 0.6 is 11.8 Å². The van der Waals surface area contributed by atoms with Gasteiger partial charge in [-0.15, -0.1) is 0 Å². The molecule has 5 heteroatoms. The molecule has 60 valence electrons. The third-order valence-corrected chi connectivity index (χ3v) is 1.97. The first kappa shape index (κ1) is 8.00. The van der Waals surface area contributed by atoms with Crippen molar-refractivity contribution in [2.45, 2.75) is 5.75 Å². The maximum absolute atomic E-state index is 5.35.